The van der Waals surface area contributed by atoms with Crippen molar-refractivity contribution in [2.75, 3.05) is 6.61 Å². The molecule has 28 heavy (non-hydrogen) atoms. The molecule has 0 aliphatic rings. The van der Waals surface area contributed by atoms with Crippen LogP contribution in [0.25, 0.3) is 10.8 Å². The third-order valence-corrected chi connectivity index (χ3v) is 4.03. The van der Waals surface area contributed by atoms with E-state index in [0.29, 0.717) is 6.61 Å². The van der Waals surface area contributed by atoms with Crippen LogP contribution in [0.15, 0.2) is 48.5 Å². The summed E-state index contributed by atoms with van der Waals surface area (Å²) in [6, 6.07) is 16.7. The van der Waals surface area contributed by atoms with Crippen LogP contribution in [-0.2, 0) is 6.54 Å². The van der Waals surface area contributed by atoms with Gasteiger partial charge in [0, 0.05) is 23.0 Å². The molecule has 0 saturated carbocycles. The van der Waals surface area contributed by atoms with E-state index in [4.69, 9.17) is 23.4 Å². The summed E-state index contributed by atoms with van der Waals surface area (Å²) < 4.78 is 39.8. The third kappa shape index (κ3) is 6.33. The van der Waals surface area contributed by atoms with Gasteiger partial charge in [0.05, 0.1) is 17.4 Å². The van der Waals surface area contributed by atoms with Gasteiger partial charge in [0.15, 0.2) is 6.54 Å². The van der Waals surface area contributed by atoms with Gasteiger partial charge in [-0.25, -0.2) is 23.6 Å². The summed E-state index contributed by atoms with van der Waals surface area (Å²) in [5.41, 5.74) is 3.56. The topological polar surface area (TPSA) is 131 Å². The van der Waals surface area contributed by atoms with Crippen LogP contribution in [0, 0.1) is 24.1 Å². The van der Waals surface area contributed by atoms with Gasteiger partial charge in [-0.2, -0.15) is 0 Å². The Kier molecular flexibility index (Phi) is 7.56. The molecule has 150 valence electrons. The lowest BCUT2D eigenvalue weighted by Crippen LogP contribution is -2.74. The standard InChI is InChI=1S/C20H22N2O.ClHO4/c1-4-23-18-12-8-11-17(19-14(2)22-15(3)20(18)19)21-13-16-9-6-5-7-10-16;2-1(3,4)5/h5-12,22H,4,13H2,1-3H3;(H,2,3,4,5). The Morgan fingerprint density at radius 3 is 2.11 bits per heavy atom. The van der Waals surface area contributed by atoms with Gasteiger partial charge in [0.2, 0.25) is 5.36 Å². The number of aromatic nitrogens is 1. The number of rotatable bonds is 4. The highest BCUT2D eigenvalue weighted by atomic mass is 35.7. The van der Waals surface area contributed by atoms with Crippen LogP contribution >= 0.6 is 0 Å². The van der Waals surface area contributed by atoms with E-state index in [0.717, 1.165) is 34.4 Å². The average molecular weight is 407 g/mol. The van der Waals surface area contributed by atoms with Crippen molar-refractivity contribution in [3.8, 4) is 5.75 Å². The number of benzene rings is 1. The number of aryl methyl sites for hydroxylation is 2. The summed E-state index contributed by atoms with van der Waals surface area (Å²) in [6.45, 7) is 7.68. The lowest BCUT2D eigenvalue weighted by atomic mass is 10.2. The molecule has 8 heteroatoms. The Hall–Kier alpha value is -2.42. The number of hydrogen-bond donors (Lipinski definition) is 2. The zero-order chi connectivity index (χ0) is 20.7. The Morgan fingerprint density at radius 1 is 0.893 bits per heavy atom. The molecule has 0 bridgehead atoms. The van der Waals surface area contributed by atoms with Crippen molar-refractivity contribution in [2.24, 2.45) is 0 Å². The van der Waals surface area contributed by atoms with Gasteiger partial charge in [0.25, 0.3) is 0 Å². The normalized spacial score (nSPS) is 11.9. The molecular weight excluding hydrogens is 384 g/mol. The zero-order valence-corrected chi connectivity index (χ0v) is 16.7. The fraction of sp³-hybridized carbons (Fsp3) is 0.250. The molecule has 1 aromatic heterocycles. The predicted molar refractivity (Wildman–Crippen MR) is 93.2 cm³/mol. The molecule has 0 radical (unpaired) electrons. The monoisotopic (exact) mass is 406 g/mol. The first kappa shape index (κ1) is 21.9. The third-order valence-electron chi connectivity index (χ3n) is 4.03. The van der Waals surface area contributed by atoms with Crippen molar-refractivity contribution < 1.29 is 38.6 Å². The molecule has 2 aromatic carbocycles. The van der Waals surface area contributed by atoms with Crippen LogP contribution in [0.1, 0.15) is 23.9 Å². The number of nitrogens with one attached hydrogen (secondary N) is 2. The number of H-pyrrole nitrogens is 1. The SMILES string of the molecule is CCOc1cccc(=[NH+]Cc2ccccc2)c2c(C)[nH]c(C)c12.[O-][Cl+3]([O-])([O-])[O-]. The second kappa shape index (κ2) is 9.68. The Labute approximate surface area is 165 Å². The van der Waals surface area contributed by atoms with Gasteiger partial charge in [-0.05, 0) is 26.8 Å². The second-order valence-electron chi connectivity index (χ2n) is 6.08. The van der Waals surface area contributed by atoms with E-state index in [2.05, 4.69) is 60.2 Å². The molecule has 0 unspecified atom stereocenters. The molecule has 0 saturated heterocycles. The van der Waals surface area contributed by atoms with Gasteiger partial charge < -0.3 is 9.72 Å². The summed E-state index contributed by atoms with van der Waals surface area (Å²) >= 11 is 0. The maximum absolute atomic E-state index is 8.49. The molecule has 0 atom stereocenters. The molecule has 0 fully saturated rings. The fourth-order valence-electron chi connectivity index (χ4n) is 3.04. The fourth-order valence-corrected chi connectivity index (χ4v) is 3.04. The molecule has 3 aromatic rings. The minimum atomic E-state index is -4.94. The van der Waals surface area contributed by atoms with Gasteiger partial charge in [-0.1, -0.05) is 36.4 Å². The maximum Gasteiger partial charge on any atom is 0.208 e. The zero-order valence-electron chi connectivity index (χ0n) is 16.0. The molecule has 0 aliphatic carbocycles. The first-order valence-electron chi connectivity index (χ1n) is 8.68. The van der Waals surface area contributed by atoms with E-state index in [9.17, 15) is 0 Å². The number of ether oxygens (including phenoxy) is 1. The van der Waals surface area contributed by atoms with E-state index in [1.54, 1.807) is 0 Å². The van der Waals surface area contributed by atoms with Crippen LogP contribution < -0.4 is 33.7 Å². The number of aromatic amines is 1. The largest absolute Gasteiger partial charge is 0.493 e. The second-order valence-corrected chi connectivity index (χ2v) is 6.83. The van der Waals surface area contributed by atoms with Crippen LogP contribution in [-0.4, -0.2) is 11.6 Å². The minimum absolute atomic E-state index is 0.662. The van der Waals surface area contributed by atoms with Crippen molar-refractivity contribution >= 4 is 10.8 Å². The first-order chi connectivity index (χ1) is 13.2. The number of hydrogen-bond acceptors (Lipinski definition) is 5. The van der Waals surface area contributed by atoms with Gasteiger partial charge in [-0.15, -0.1) is 10.2 Å². The smallest absolute Gasteiger partial charge is 0.208 e. The maximum atomic E-state index is 8.49. The lowest BCUT2D eigenvalue weighted by Gasteiger charge is -2.17. The van der Waals surface area contributed by atoms with Crippen LogP contribution in [0.4, 0.5) is 0 Å². The van der Waals surface area contributed by atoms with Gasteiger partial charge >= 0.3 is 0 Å². The van der Waals surface area contributed by atoms with Crippen molar-refractivity contribution in [3.63, 3.8) is 0 Å². The van der Waals surface area contributed by atoms with Crippen LogP contribution in [0.2, 0.25) is 0 Å². The van der Waals surface area contributed by atoms with Crippen LogP contribution in [0.3, 0.4) is 0 Å². The summed E-state index contributed by atoms with van der Waals surface area (Å²) in [5, 5.41) is 3.48. The van der Waals surface area contributed by atoms with Crippen molar-refractivity contribution in [1.29, 1.82) is 0 Å². The summed E-state index contributed by atoms with van der Waals surface area (Å²) in [5.74, 6) is 0.928. The molecule has 0 spiro atoms. The van der Waals surface area contributed by atoms with Crippen molar-refractivity contribution in [1.82, 2.24) is 4.98 Å². The van der Waals surface area contributed by atoms with Gasteiger partial charge in [0.1, 0.15) is 5.75 Å². The molecule has 0 aliphatic heterocycles. The van der Waals surface area contributed by atoms with Crippen molar-refractivity contribution in [3.05, 3.63) is 70.8 Å². The molecule has 7 nitrogen and oxygen atoms in total. The van der Waals surface area contributed by atoms with Gasteiger partial charge in [-0.3, -0.25) is 0 Å². The minimum Gasteiger partial charge on any atom is -0.493 e. The molecule has 1 heterocycles. The van der Waals surface area contributed by atoms with E-state index in [-0.39, 0.29) is 0 Å². The molecule has 0 amide bonds. The lowest BCUT2D eigenvalue weighted by molar-refractivity contribution is -2.00. The Morgan fingerprint density at radius 2 is 1.50 bits per heavy atom. The van der Waals surface area contributed by atoms with E-state index >= 15 is 0 Å². The summed E-state index contributed by atoms with van der Waals surface area (Å²) in [4.78, 5) is 7.02. The van der Waals surface area contributed by atoms with Crippen molar-refractivity contribution in [2.45, 2.75) is 27.3 Å². The molecule has 2 N–H and O–H groups in total. The Balaban J connectivity index is 0.000000500. The van der Waals surface area contributed by atoms with E-state index in [1.165, 1.54) is 10.9 Å². The quantitative estimate of drug-likeness (QED) is 0.499. The summed E-state index contributed by atoms with van der Waals surface area (Å²) in [7, 11) is -4.94. The highest BCUT2D eigenvalue weighted by Gasteiger charge is 2.13. The first-order valence-corrected chi connectivity index (χ1v) is 9.91. The van der Waals surface area contributed by atoms with Crippen LogP contribution in [0.5, 0.6) is 5.75 Å². The van der Waals surface area contributed by atoms with E-state index in [1.807, 2.05) is 19.1 Å². The Bertz CT molecular complexity index is 976. The van der Waals surface area contributed by atoms with E-state index < -0.39 is 10.2 Å². The number of halogens is 1. The molecular formula is C20H23ClN2O5. The highest BCUT2D eigenvalue weighted by Crippen LogP contribution is 2.27. The highest BCUT2D eigenvalue weighted by molar-refractivity contribution is 5.91. The number of fused-ring (bicyclic) bond motifs is 1. The predicted octanol–water partition coefficient (Wildman–Crippen LogP) is -2.39. The molecule has 3 rings (SSSR count). The summed E-state index contributed by atoms with van der Waals surface area (Å²) in [6.07, 6.45) is 0. The average Bonchev–Trinajstić information content (AvgIpc) is 2.79.